The fraction of sp³-hybridized carbons (Fsp3) is 0.400. The molecule has 0 radical (unpaired) electrons. The van der Waals surface area contributed by atoms with Crippen LogP contribution in [-0.4, -0.2) is 38.1 Å². The van der Waals surface area contributed by atoms with E-state index in [-0.39, 0.29) is 23.8 Å². The van der Waals surface area contributed by atoms with E-state index in [1.165, 1.54) is 6.20 Å². The molecule has 1 amide bonds. The highest BCUT2D eigenvalue weighted by atomic mass is 19.1. The van der Waals surface area contributed by atoms with Crippen molar-refractivity contribution >= 4 is 17.4 Å². The number of carbonyl (C=O) groups excluding carboxylic acids is 1. The van der Waals surface area contributed by atoms with Crippen LogP contribution < -0.4 is 10.2 Å². The van der Waals surface area contributed by atoms with E-state index in [2.05, 4.69) is 27.2 Å². The minimum Gasteiger partial charge on any atom is -0.349 e. The third-order valence-electron chi connectivity index (χ3n) is 5.76. The Hall–Kier alpha value is -3.03. The van der Waals surface area contributed by atoms with Gasteiger partial charge in [-0.3, -0.25) is 9.78 Å². The van der Waals surface area contributed by atoms with Crippen LogP contribution in [-0.2, 0) is 12.8 Å². The zero-order chi connectivity index (χ0) is 19.4. The summed E-state index contributed by atoms with van der Waals surface area (Å²) in [4.78, 5) is 24.1. The van der Waals surface area contributed by atoms with Crippen molar-refractivity contribution in [2.24, 2.45) is 0 Å². The Morgan fingerprint density at radius 1 is 1.25 bits per heavy atom. The van der Waals surface area contributed by atoms with Crippen LogP contribution in [0, 0.1) is 5.82 Å². The van der Waals surface area contributed by atoms with E-state index < -0.39 is 0 Å². The first-order chi connectivity index (χ1) is 13.5. The molecule has 0 spiro atoms. The molecule has 0 saturated carbocycles. The number of nitrogens with zero attached hydrogens (tertiary/aromatic N) is 5. The van der Waals surface area contributed by atoms with Crippen LogP contribution in [0.15, 0.2) is 24.7 Å². The molecular weight excluding hydrogens is 359 g/mol. The van der Waals surface area contributed by atoms with Crippen molar-refractivity contribution in [3.63, 3.8) is 0 Å². The number of halogens is 1. The van der Waals surface area contributed by atoms with E-state index in [1.54, 1.807) is 16.8 Å². The van der Waals surface area contributed by atoms with Crippen molar-refractivity contribution in [1.29, 1.82) is 0 Å². The zero-order valence-corrected chi connectivity index (χ0v) is 15.8. The number of fused-ring (bicyclic) bond motifs is 1. The molecule has 2 aliphatic rings. The lowest BCUT2D eigenvalue weighted by Crippen LogP contribution is -2.33. The van der Waals surface area contributed by atoms with E-state index in [1.807, 2.05) is 13.1 Å². The van der Waals surface area contributed by atoms with Gasteiger partial charge >= 0.3 is 0 Å². The number of pyridine rings is 1. The molecule has 144 valence electrons. The molecule has 0 fully saturated rings. The topological polar surface area (TPSA) is 75.4 Å². The molecule has 3 aromatic rings. The van der Waals surface area contributed by atoms with Crippen LogP contribution in [0.1, 0.15) is 53.5 Å². The summed E-state index contributed by atoms with van der Waals surface area (Å²) < 4.78 is 15.7. The number of hydrogen-bond donors (Lipinski definition) is 1. The van der Waals surface area contributed by atoms with Gasteiger partial charge < -0.3 is 10.2 Å². The highest BCUT2D eigenvalue weighted by Gasteiger charge is 2.30. The maximum absolute atomic E-state index is 14.0. The summed E-state index contributed by atoms with van der Waals surface area (Å²) in [5, 5.41) is 7.34. The Kier molecular flexibility index (Phi) is 3.82. The van der Waals surface area contributed by atoms with Crippen molar-refractivity contribution in [3.8, 4) is 0 Å². The SMILES string of the molecule is CC1c2cc(F)cnc2CC[C@@H](C)NC(=O)c2cnn3cc4c(nc23)N1CC4. The molecule has 3 aromatic heterocycles. The summed E-state index contributed by atoms with van der Waals surface area (Å²) in [6.45, 7) is 4.80. The molecule has 1 N–H and O–H groups in total. The number of aryl methyl sites for hydroxylation is 1. The number of carbonyl (C=O) groups is 1. The smallest absolute Gasteiger partial charge is 0.256 e. The van der Waals surface area contributed by atoms with Crippen LogP contribution in [0.3, 0.4) is 0 Å². The average molecular weight is 380 g/mol. The van der Waals surface area contributed by atoms with Gasteiger partial charge in [0.25, 0.3) is 5.91 Å². The van der Waals surface area contributed by atoms with Gasteiger partial charge in [0, 0.05) is 30.0 Å². The Labute approximate surface area is 161 Å². The summed E-state index contributed by atoms with van der Waals surface area (Å²) in [5.74, 6) is 0.313. The van der Waals surface area contributed by atoms with E-state index in [4.69, 9.17) is 4.98 Å². The molecular formula is C20H21FN6O. The Balaban J connectivity index is 1.70. The van der Waals surface area contributed by atoms with Crippen LogP contribution in [0.25, 0.3) is 5.65 Å². The predicted octanol–water partition coefficient (Wildman–Crippen LogP) is 2.45. The maximum Gasteiger partial charge on any atom is 0.256 e. The summed E-state index contributed by atoms with van der Waals surface area (Å²) in [5.41, 5.74) is 3.82. The van der Waals surface area contributed by atoms with Crippen molar-refractivity contribution in [2.75, 3.05) is 11.4 Å². The molecule has 2 aliphatic heterocycles. The van der Waals surface area contributed by atoms with Gasteiger partial charge in [0.05, 0.1) is 18.4 Å². The number of amides is 1. The average Bonchev–Trinajstić information content (AvgIpc) is 3.27. The van der Waals surface area contributed by atoms with E-state index in [0.29, 0.717) is 24.1 Å². The van der Waals surface area contributed by atoms with E-state index >= 15 is 0 Å². The van der Waals surface area contributed by atoms with Crippen LogP contribution in [0.4, 0.5) is 10.2 Å². The summed E-state index contributed by atoms with van der Waals surface area (Å²) in [7, 11) is 0. The van der Waals surface area contributed by atoms with Crippen LogP contribution >= 0.6 is 0 Å². The number of anilines is 1. The lowest BCUT2D eigenvalue weighted by Gasteiger charge is -2.28. The first-order valence-corrected chi connectivity index (χ1v) is 9.60. The Morgan fingerprint density at radius 2 is 2.11 bits per heavy atom. The third-order valence-corrected chi connectivity index (χ3v) is 5.76. The van der Waals surface area contributed by atoms with Gasteiger partial charge in [0.1, 0.15) is 17.2 Å². The fourth-order valence-electron chi connectivity index (χ4n) is 4.20. The second-order valence-corrected chi connectivity index (χ2v) is 7.64. The quantitative estimate of drug-likeness (QED) is 0.648. The largest absolute Gasteiger partial charge is 0.349 e. The molecule has 5 rings (SSSR count). The number of nitrogens with one attached hydrogen (secondary N) is 1. The zero-order valence-electron chi connectivity index (χ0n) is 15.8. The van der Waals surface area contributed by atoms with Gasteiger partial charge in [-0.15, -0.1) is 0 Å². The minimum atomic E-state index is -0.336. The highest BCUT2D eigenvalue weighted by molar-refractivity contribution is 6.00. The Bertz CT molecular complexity index is 1090. The molecule has 28 heavy (non-hydrogen) atoms. The summed E-state index contributed by atoms with van der Waals surface area (Å²) >= 11 is 0. The Morgan fingerprint density at radius 3 is 2.96 bits per heavy atom. The van der Waals surface area contributed by atoms with Crippen molar-refractivity contribution in [1.82, 2.24) is 24.9 Å². The molecule has 5 heterocycles. The van der Waals surface area contributed by atoms with Gasteiger partial charge in [0.15, 0.2) is 5.65 Å². The van der Waals surface area contributed by atoms with Gasteiger partial charge in [-0.05, 0) is 44.7 Å². The summed E-state index contributed by atoms with van der Waals surface area (Å²) in [6.07, 6.45) is 6.98. The molecule has 8 heteroatoms. The van der Waals surface area contributed by atoms with Gasteiger partial charge in [-0.25, -0.2) is 13.9 Å². The molecule has 2 bridgehead atoms. The molecule has 7 nitrogen and oxygen atoms in total. The van der Waals surface area contributed by atoms with Gasteiger partial charge in [-0.2, -0.15) is 5.10 Å². The molecule has 2 atom stereocenters. The second-order valence-electron chi connectivity index (χ2n) is 7.64. The van der Waals surface area contributed by atoms with Crippen molar-refractivity contribution in [3.05, 3.63) is 52.9 Å². The van der Waals surface area contributed by atoms with Crippen LogP contribution in [0.5, 0.6) is 0 Å². The monoisotopic (exact) mass is 380 g/mol. The van der Waals surface area contributed by atoms with Crippen LogP contribution in [0.2, 0.25) is 0 Å². The minimum absolute atomic E-state index is 0.0547. The van der Waals surface area contributed by atoms with E-state index in [9.17, 15) is 9.18 Å². The second kappa shape index (κ2) is 6.25. The highest BCUT2D eigenvalue weighted by Crippen LogP contribution is 2.35. The van der Waals surface area contributed by atoms with Crippen molar-refractivity contribution in [2.45, 2.75) is 45.2 Å². The van der Waals surface area contributed by atoms with E-state index in [0.717, 1.165) is 35.6 Å². The lowest BCUT2D eigenvalue weighted by atomic mass is 10.0. The number of hydrogen-bond acceptors (Lipinski definition) is 5. The predicted molar refractivity (Wildman–Crippen MR) is 102 cm³/mol. The maximum atomic E-state index is 14.0. The first kappa shape index (κ1) is 17.1. The fourth-order valence-corrected chi connectivity index (χ4v) is 4.20. The third kappa shape index (κ3) is 2.63. The molecule has 0 aliphatic carbocycles. The first-order valence-electron chi connectivity index (χ1n) is 9.60. The molecule has 0 aromatic carbocycles. The normalized spacial score (nSPS) is 21.8. The summed E-state index contributed by atoms with van der Waals surface area (Å²) in [6, 6.07) is 1.46. The number of rotatable bonds is 0. The van der Waals surface area contributed by atoms with Gasteiger partial charge in [-0.1, -0.05) is 0 Å². The van der Waals surface area contributed by atoms with Crippen molar-refractivity contribution < 1.29 is 9.18 Å². The molecule has 0 saturated heterocycles. The number of aromatic nitrogens is 4. The standard InChI is InChI=1S/C20H21FN6O/c1-11-3-4-17-15(7-14(21)8-22-17)12(2)26-6-5-13-10-27-19(25-18(13)26)16(9-23-27)20(28)24-11/h7-12H,3-6H2,1-2H3,(H,24,28)/t11-,12?/m1/s1. The van der Waals surface area contributed by atoms with Gasteiger partial charge in [0.2, 0.25) is 0 Å². The lowest BCUT2D eigenvalue weighted by molar-refractivity contribution is 0.0940. The molecule has 1 unspecified atom stereocenters.